The van der Waals surface area contributed by atoms with E-state index in [1.165, 1.54) is 83.5 Å². The summed E-state index contributed by atoms with van der Waals surface area (Å²) in [5.41, 5.74) is 2.83. The van der Waals surface area contributed by atoms with E-state index in [0.29, 0.717) is 23.7 Å². The molecule has 0 aliphatic rings. The van der Waals surface area contributed by atoms with Crippen molar-refractivity contribution in [1.82, 2.24) is 0 Å². The minimum absolute atomic E-state index is 0.0986. The number of aromatic hydroxyl groups is 2. The van der Waals surface area contributed by atoms with Crippen molar-refractivity contribution in [3.8, 4) is 23.0 Å². The van der Waals surface area contributed by atoms with Gasteiger partial charge in [-0.3, -0.25) is 4.79 Å². The number of phenols is 2. The number of methoxy groups -OCH3 is 1. The molecule has 5 nitrogen and oxygen atoms in total. The van der Waals surface area contributed by atoms with E-state index >= 15 is 0 Å². The number of unbranched alkanes of at least 4 members (excludes halogenated alkanes) is 14. The molecule has 0 saturated carbocycles. The van der Waals surface area contributed by atoms with E-state index in [-0.39, 0.29) is 27.6 Å². The van der Waals surface area contributed by atoms with Gasteiger partial charge >= 0.3 is 5.97 Å². The van der Waals surface area contributed by atoms with Crippen molar-refractivity contribution in [3.05, 3.63) is 46.5 Å². The van der Waals surface area contributed by atoms with Crippen molar-refractivity contribution in [1.29, 1.82) is 0 Å². The summed E-state index contributed by atoms with van der Waals surface area (Å²) in [5.74, 6) is 1.88. The lowest BCUT2D eigenvalue weighted by Gasteiger charge is -2.27. The number of ether oxygens (including phenoxy) is 2. The molecule has 0 saturated heterocycles. The van der Waals surface area contributed by atoms with Crippen LogP contribution in [0.25, 0.3) is 0 Å². The molecule has 0 amide bonds. The van der Waals surface area contributed by atoms with Gasteiger partial charge in [-0.15, -0.1) is 0 Å². The molecule has 0 aromatic heterocycles. The van der Waals surface area contributed by atoms with E-state index in [0.717, 1.165) is 40.8 Å². The lowest BCUT2D eigenvalue weighted by Crippen LogP contribution is -2.18. The zero-order chi connectivity index (χ0) is 39.8. The average molecular weight is 725 g/mol. The molecule has 0 atom stereocenters. The SMILES string of the molecule is CCCCCCCCCCCCCCCCCC(=O)Oc1cc(C(C)(C)C)c(O)c(C(C)(C)C)c1.COc1cc(C(C)(C)C)c(O)c(C(C)(C)C)c1. The Kier molecular flexibility index (Phi) is 19.9. The molecule has 0 fully saturated rings. The van der Waals surface area contributed by atoms with Gasteiger partial charge in [-0.05, 0) is 52.3 Å². The van der Waals surface area contributed by atoms with Crippen LogP contribution in [-0.2, 0) is 26.5 Å². The molecule has 2 aromatic carbocycles. The third-order valence-electron chi connectivity index (χ3n) is 9.85. The lowest BCUT2D eigenvalue weighted by atomic mass is 9.79. The Labute approximate surface area is 320 Å². The molecule has 0 heterocycles. The van der Waals surface area contributed by atoms with Crippen LogP contribution in [0.5, 0.6) is 23.0 Å². The predicted octanol–water partition coefficient (Wildman–Crippen LogP) is 14.1. The number of phenolic OH excluding ortho intramolecular Hbond substituents is 2. The number of carbonyl (C=O) groups excluding carboxylic acids is 1. The first-order valence-electron chi connectivity index (χ1n) is 20.5. The Morgan fingerprint density at radius 2 is 0.750 bits per heavy atom. The summed E-state index contributed by atoms with van der Waals surface area (Å²) in [7, 11) is 1.66. The van der Waals surface area contributed by atoms with Gasteiger partial charge in [-0.1, -0.05) is 180 Å². The van der Waals surface area contributed by atoms with Crippen LogP contribution in [-0.4, -0.2) is 23.3 Å². The van der Waals surface area contributed by atoms with Gasteiger partial charge in [0.05, 0.1) is 7.11 Å². The normalized spacial score (nSPS) is 12.3. The van der Waals surface area contributed by atoms with Gasteiger partial charge in [0.25, 0.3) is 0 Å². The number of hydrogen-bond donors (Lipinski definition) is 2. The largest absolute Gasteiger partial charge is 0.507 e. The molecule has 0 bridgehead atoms. The van der Waals surface area contributed by atoms with Gasteiger partial charge in [0.2, 0.25) is 0 Å². The first-order chi connectivity index (χ1) is 24.0. The van der Waals surface area contributed by atoms with Gasteiger partial charge in [0.15, 0.2) is 0 Å². The van der Waals surface area contributed by atoms with Gasteiger partial charge in [-0.25, -0.2) is 0 Å². The Morgan fingerprint density at radius 1 is 0.481 bits per heavy atom. The topological polar surface area (TPSA) is 76.0 Å². The third kappa shape index (κ3) is 17.4. The molecule has 0 spiro atoms. The zero-order valence-electron chi connectivity index (χ0n) is 36.2. The minimum Gasteiger partial charge on any atom is -0.507 e. The quantitative estimate of drug-likeness (QED) is 0.0909. The van der Waals surface area contributed by atoms with Crippen molar-refractivity contribution in [2.75, 3.05) is 7.11 Å². The molecule has 0 unspecified atom stereocenters. The van der Waals surface area contributed by atoms with Crippen LogP contribution < -0.4 is 9.47 Å². The molecular weight excluding hydrogens is 645 g/mol. The fraction of sp³-hybridized carbons (Fsp3) is 0.723. The van der Waals surface area contributed by atoms with Gasteiger partial charge < -0.3 is 19.7 Å². The van der Waals surface area contributed by atoms with Crippen LogP contribution in [0.2, 0.25) is 0 Å². The third-order valence-corrected chi connectivity index (χ3v) is 9.85. The van der Waals surface area contributed by atoms with Gasteiger partial charge in [-0.2, -0.15) is 0 Å². The average Bonchev–Trinajstić information content (AvgIpc) is 3.02. The molecular formula is C47H80O5. The van der Waals surface area contributed by atoms with E-state index in [9.17, 15) is 15.0 Å². The highest BCUT2D eigenvalue weighted by atomic mass is 16.5. The number of benzene rings is 2. The molecule has 2 aromatic rings. The fourth-order valence-electron chi connectivity index (χ4n) is 6.50. The van der Waals surface area contributed by atoms with Crippen LogP contribution in [0.4, 0.5) is 0 Å². The van der Waals surface area contributed by atoms with Crippen LogP contribution in [0.3, 0.4) is 0 Å². The molecule has 2 N–H and O–H groups in total. The minimum atomic E-state index is -0.235. The number of rotatable bonds is 18. The van der Waals surface area contributed by atoms with Gasteiger partial charge in [0, 0.05) is 28.7 Å². The standard InChI is InChI=1S/C32H56O3.C15H24O2/c1-8-9-10-11-12-13-14-15-16-17-18-19-20-21-22-23-29(33)35-26-24-27(31(2,3)4)30(34)28(25-26)32(5,6)7;1-14(2,3)11-8-10(17-7)9-12(13(11)16)15(4,5)6/h24-25,34H,8-23H2,1-7H3;8-9,16H,1-7H3. The second-order valence-corrected chi connectivity index (χ2v) is 19.1. The second-order valence-electron chi connectivity index (χ2n) is 19.1. The summed E-state index contributed by atoms with van der Waals surface area (Å²) in [6.07, 6.45) is 20.2. The van der Waals surface area contributed by atoms with E-state index in [1.807, 2.05) is 24.3 Å². The first kappa shape index (κ1) is 47.3. The summed E-state index contributed by atoms with van der Waals surface area (Å²) in [5, 5.41) is 21.3. The molecule has 52 heavy (non-hydrogen) atoms. The highest BCUT2D eigenvalue weighted by Crippen LogP contribution is 2.43. The Balaban J connectivity index is 0.000000662. The molecule has 0 aliphatic carbocycles. The van der Waals surface area contributed by atoms with Crippen molar-refractivity contribution in [2.45, 2.75) is 214 Å². The summed E-state index contributed by atoms with van der Waals surface area (Å²) >= 11 is 0. The molecule has 298 valence electrons. The zero-order valence-corrected chi connectivity index (χ0v) is 36.2. The second kappa shape index (κ2) is 21.9. The number of carbonyl (C=O) groups is 1. The summed E-state index contributed by atoms with van der Waals surface area (Å²) < 4.78 is 11.0. The molecule has 0 aliphatic heterocycles. The monoisotopic (exact) mass is 725 g/mol. The smallest absolute Gasteiger partial charge is 0.311 e. The lowest BCUT2D eigenvalue weighted by molar-refractivity contribution is -0.134. The van der Waals surface area contributed by atoms with Crippen molar-refractivity contribution in [2.24, 2.45) is 0 Å². The highest BCUT2D eigenvalue weighted by Gasteiger charge is 2.28. The van der Waals surface area contributed by atoms with Crippen LogP contribution >= 0.6 is 0 Å². The number of hydrogen-bond acceptors (Lipinski definition) is 5. The van der Waals surface area contributed by atoms with Crippen molar-refractivity contribution >= 4 is 5.97 Å². The highest BCUT2D eigenvalue weighted by molar-refractivity contribution is 5.73. The van der Waals surface area contributed by atoms with E-state index < -0.39 is 0 Å². The maximum absolute atomic E-state index is 12.5. The molecule has 2 rings (SSSR count). The molecule has 5 heteroatoms. The van der Waals surface area contributed by atoms with Crippen molar-refractivity contribution < 1.29 is 24.5 Å². The van der Waals surface area contributed by atoms with E-state index in [2.05, 4.69) is 90.0 Å². The summed E-state index contributed by atoms with van der Waals surface area (Å²) in [6, 6.07) is 7.50. The summed E-state index contributed by atoms with van der Waals surface area (Å²) in [6.45, 7) is 27.2. The Morgan fingerprint density at radius 3 is 1.02 bits per heavy atom. The first-order valence-corrected chi connectivity index (χ1v) is 20.5. The fourth-order valence-corrected chi connectivity index (χ4v) is 6.50. The Bertz CT molecular complexity index is 1260. The summed E-state index contributed by atoms with van der Waals surface area (Å²) in [4.78, 5) is 12.5. The number of esters is 1. The van der Waals surface area contributed by atoms with E-state index in [4.69, 9.17) is 9.47 Å². The van der Waals surface area contributed by atoms with Gasteiger partial charge in [0.1, 0.15) is 23.0 Å². The van der Waals surface area contributed by atoms with Crippen LogP contribution in [0, 0.1) is 0 Å². The van der Waals surface area contributed by atoms with E-state index in [1.54, 1.807) is 7.11 Å². The predicted molar refractivity (Wildman–Crippen MR) is 223 cm³/mol. The maximum atomic E-state index is 12.5. The molecule has 0 radical (unpaired) electrons. The maximum Gasteiger partial charge on any atom is 0.311 e. The van der Waals surface area contributed by atoms with Crippen molar-refractivity contribution in [3.63, 3.8) is 0 Å². The van der Waals surface area contributed by atoms with Crippen LogP contribution in [0.15, 0.2) is 24.3 Å². The van der Waals surface area contributed by atoms with Crippen LogP contribution in [0.1, 0.15) is 215 Å². The Hall–Kier alpha value is -2.69.